The molecule has 0 aromatic heterocycles. The van der Waals surface area contributed by atoms with E-state index in [-0.39, 0.29) is 6.61 Å². The van der Waals surface area contributed by atoms with Gasteiger partial charge in [-0.15, -0.1) is 0 Å². The van der Waals surface area contributed by atoms with E-state index in [1.165, 1.54) is 0 Å². The molecule has 0 aliphatic heterocycles. The summed E-state index contributed by atoms with van der Waals surface area (Å²) in [5, 5.41) is 4.93. The van der Waals surface area contributed by atoms with Gasteiger partial charge in [-0.3, -0.25) is 0 Å². The predicted molar refractivity (Wildman–Crippen MR) is 101 cm³/mol. The quantitative estimate of drug-likeness (QED) is 0.657. The number of halogens is 3. The summed E-state index contributed by atoms with van der Waals surface area (Å²) in [6, 6.07) is 9.48. The number of ether oxygens (including phenoxy) is 2. The van der Waals surface area contributed by atoms with Gasteiger partial charge in [0.2, 0.25) is 0 Å². The Morgan fingerprint density at radius 3 is 2.29 bits per heavy atom. The first-order valence-electron chi connectivity index (χ1n) is 7.57. The number of rotatable bonds is 7. The summed E-state index contributed by atoms with van der Waals surface area (Å²) < 4.78 is 11.3. The van der Waals surface area contributed by atoms with Gasteiger partial charge >= 0.3 is 0 Å². The van der Waals surface area contributed by atoms with Crippen molar-refractivity contribution in [1.29, 1.82) is 0 Å². The van der Waals surface area contributed by atoms with E-state index >= 15 is 0 Å². The second-order valence-corrected chi connectivity index (χ2v) is 6.86. The summed E-state index contributed by atoms with van der Waals surface area (Å²) in [6.45, 7) is 5.08. The largest absolute Gasteiger partial charge is 0.493 e. The van der Waals surface area contributed by atoms with Crippen LogP contribution in [-0.4, -0.2) is 13.2 Å². The van der Waals surface area contributed by atoms with Gasteiger partial charge in [-0.2, -0.15) is 0 Å². The molecular weight excluding hydrogens is 369 g/mol. The number of hydrogen-bond donors (Lipinski definition) is 1. The van der Waals surface area contributed by atoms with Crippen molar-refractivity contribution in [1.82, 2.24) is 5.32 Å². The van der Waals surface area contributed by atoms with Crippen molar-refractivity contribution in [3.05, 3.63) is 56.5 Å². The molecule has 6 heteroatoms. The topological polar surface area (TPSA) is 30.5 Å². The van der Waals surface area contributed by atoms with E-state index in [1.54, 1.807) is 25.3 Å². The van der Waals surface area contributed by atoms with Crippen LogP contribution in [-0.2, 0) is 13.2 Å². The second-order valence-electron chi connectivity index (χ2n) is 5.63. The number of nitrogens with one attached hydrogen (secondary N) is 1. The zero-order valence-electron chi connectivity index (χ0n) is 13.8. The molecular formula is C18H20Cl3NO2. The highest BCUT2D eigenvalue weighted by Crippen LogP contribution is 2.38. The predicted octanol–water partition coefficient (Wildman–Crippen LogP) is 5.73. The van der Waals surface area contributed by atoms with Crippen LogP contribution < -0.4 is 14.8 Å². The average Bonchev–Trinajstić information content (AvgIpc) is 2.53. The molecule has 2 aromatic carbocycles. The lowest BCUT2D eigenvalue weighted by atomic mass is 10.2. The van der Waals surface area contributed by atoms with E-state index in [4.69, 9.17) is 44.3 Å². The van der Waals surface area contributed by atoms with Crippen LogP contribution in [0.2, 0.25) is 15.1 Å². The molecule has 0 bridgehead atoms. The van der Waals surface area contributed by atoms with Crippen LogP contribution in [0.1, 0.15) is 25.0 Å². The maximum atomic E-state index is 6.38. The molecule has 0 aliphatic rings. The van der Waals surface area contributed by atoms with E-state index in [0.29, 0.717) is 44.7 Å². The van der Waals surface area contributed by atoms with Crippen LogP contribution in [0.3, 0.4) is 0 Å². The Morgan fingerprint density at radius 1 is 1.04 bits per heavy atom. The summed E-state index contributed by atoms with van der Waals surface area (Å²) in [7, 11) is 1.58. The first-order valence-corrected chi connectivity index (χ1v) is 8.71. The maximum Gasteiger partial charge on any atom is 0.180 e. The first kappa shape index (κ1) is 19.2. The van der Waals surface area contributed by atoms with Gasteiger partial charge in [-0.25, -0.2) is 0 Å². The molecule has 2 aromatic rings. The van der Waals surface area contributed by atoms with Gasteiger partial charge in [0.1, 0.15) is 6.61 Å². The fraction of sp³-hybridized carbons (Fsp3) is 0.333. The molecule has 24 heavy (non-hydrogen) atoms. The van der Waals surface area contributed by atoms with Crippen LogP contribution in [0.5, 0.6) is 11.5 Å². The Kier molecular flexibility index (Phi) is 7.05. The minimum Gasteiger partial charge on any atom is -0.493 e. The van der Waals surface area contributed by atoms with Crippen molar-refractivity contribution in [3.63, 3.8) is 0 Å². The normalized spacial score (nSPS) is 11.0. The van der Waals surface area contributed by atoms with E-state index in [0.717, 1.165) is 5.56 Å². The molecule has 0 saturated heterocycles. The number of hydrogen-bond acceptors (Lipinski definition) is 3. The molecule has 0 heterocycles. The maximum absolute atomic E-state index is 6.38. The third-order valence-corrected chi connectivity index (χ3v) is 4.42. The molecule has 0 unspecified atom stereocenters. The molecule has 3 nitrogen and oxygen atoms in total. The Labute approximate surface area is 157 Å². The smallest absolute Gasteiger partial charge is 0.180 e. The van der Waals surface area contributed by atoms with E-state index in [1.807, 2.05) is 12.1 Å². The zero-order valence-corrected chi connectivity index (χ0v) is 16.1. The fourth-order valence-corrected chi connectivity index (χ4v) is 2.95. The third-order valence-electron chi connectivity index (χ3n) is 3.43. The molecule has 0 aliphatic carbocycles. The van der Waals surface area contributed by atoms with Crippen molar-refractivity contribution in [2.24, 2.45) is 0 Å². The van der Waals surface area contributed by atoms with Crippen molar-refractivity contribution in [2.45, 2.75) is 33.0 Å². The standard InChI is InChI=1S/C18H20Cl3NO2/c1-11(2)22-9-12-7-16(21)18(17(8-12)23-3)24-10-13-14(19)5-4-6-15(13)20/h4-8,11,22H,9-10H2,1-3H3. The molecule has 0 radical (unpaired) electrons. The Morgan fingerprint density at radius 2 is 1.71 bits per heavy atom. The van der Waals surface area contributed by atoms with Crippen LogP contribution in [0.25, 0.3) is 0 Å². The molecule has 2 rings (SSSR count). The van der Waals surface area contributed by atoms with Crippen molar-refractivity contribution >= 4 is 34.8 Å². The van der Waals surface area contributed by atoms with Gasteiger partial charge in [0.05, 0.1) is 12.1 Å². The highest BCUT2D eigenvalue weighted by atomic mass is 35.5. The van der Waals surface area contributed by atoms with Gasteiger partial charge < -0.3 is 14.8 Å². The summed E-state index contributed by atoms with van der Waals surface area (Å²) in [5.74, 6) is 1.05. The van der Waals surface area contributed by atoms with Crippen molar-refractivity contribution < 1.29 is 9.47 Å². The minimum absolute atomic E-state index is 0.207. The molecule has 0 amide bonds. The summed E-state index contributed by atoms with van der Waals surface area (Å²) in [4.78, 5) is 0. The van der Waals surface area contributed by atoms with Gasteiger partial charge in [-0.1, -0.05) is 54.7 Å². The summed E-state index contributed by atoms with van der Waals surface area (Å²) >= 11 is 18.7. The van der Waals surface area contributed by atoms with Crippen molar-refractivity contribution in [3.8, 4) is 11.5 Å². The van der Waals surface area contributed by atoms with Crippen LogP contribution in [0.4, 0.5) is 0 Å². The Bertz CT molecular complexity index is 685. The third kappa shape index (κ3) is 4.93. The molecule has 0 atom stereocenters. The number of methoxy groups -OCH3 is 1. The number of benzene rings is 2. The lowest BCUT2D eigenvalue weighted by molar-refractivity contribution is 0.284. The highest BCUT2D eigenvalue weighted by Gasteiger charge is 2.14. The van der Waals surface area contributed by atoms with E-state index in [9.17, 15) is 0 Å². The Hall–Kier alpha value is -1.13. The second kappa shape index (κ2) is 8.82. The monoisotopic (exact) mass is 387 g/mol. The van der Waals surface area contributed by atoms with Gasteiger partial charge in [-0.05, 0) is 29.8 Å². The van der Waals surface area contributed by atoms with E-state index < -0.39 is 0 Å². The summed E-state index contributed by atoms with van der Waals surface area (Å²) in [6.07, 6.45) is 0. The molecule has 0 spiro atoms. The van der Waals surface area contributed by atoms with Gasteiger partial charge in [0.25, 0.3) is 0 Å². The van der Waals surface area contributed by atoms with Gasteiger partial charge in [0.15, 0.2) is 11.5 Å². The Balaban J connectivity index is 2.20. The SMILES string of the molecule is COc1cc(CNC(C)C)cc(Cl)c1OCc1c(Cl)cccc1Cl. The van der Waals surface area contributed by atoms with Crippen LogP contribution in [0.15, 0.2) is 30.3 Å². The van der Waals surface area contributed by atoms with Crippen molar-refractivity contribution in [2.75, 3.05) is 7.11 Å². The summed E-state index contributed by atoms with van der Waals surface area (Å²) in [5.41, 5.74) is 1.73. The average molecular weight is 389 g/mol. The van der Waals surface area contributed by atoms with Crippen LogP contribution >= 0.6 is 34.8 Å². The lowest BCUT2D eigenvalue weighted by Crippen LogP contribution is -2.21. The molecule has 0 saturated carbocycles. The molecule has 0 fully saturated rings. The zero-order chi connectivity index (χ0) is 17.7. The van der Waals surface area contributed by atoms with Crippen LogP contribution in [0, 0.1) is 0 Å². The highest BCUT2D eigenvalue weighted by molar-refractivity contribution is 6.36. The van der Waals surface area contributed by atoms with E-state index in [2.05, 4.69) is 19.2 Å². The van der Waals surface area contributed by atoms with Gasteiger partial charge in [0, 0.05) is 28.2 Å². The molecule has 1 N–H and O–H groups in total. The fourth-order valence-electron chi connectivity index (χ4n) is 2.15. The first-order chi connectivity index (χ1) is 11.4. The molecule has 130 valence electrons. The minimum atomic E-state index is 0.207. The lowest BCUT2D eigenvalue weighted by Gasteiger charge is -2.16.